The van der Waals surface area contributed by atoms with Gasteiger partial charge in [-0.2, -0.15) is 5.10 Å². The highest BCUT2D eigenvalue weighted by Crippen LogP contribution is 2.40. The standard InChI is InChI=1S/C26H28ClN3O5/c1-3-30-20(14-17(2)28-30)11-13-34-26(33)29-12-10-18-6-4-5-7-21(18)25(29)22-15-19(27)8-9-23(22)35-16-24(31)32/h4-9,14-15,25H,3,10-13,16H2,1-2H3,(H,31,32). The summed E-state index contributed by atoms with van der Waals surface area (Å²) in [7, 11) is 0. The summed E-state index contributed by atoms with van der Waals surface area (Å²) in [6.07, 6.45) is 0.780. The van der Waals surface area contributed by atoms with E-state index >= 15 is 0 Å². The third-order valence-electron chi connectivity index (χ3n) is 6.00. The van der Waals surface area contributed by atoms with Crippen molar-refractivity contribution >= 4 is 23.7 Å². The van der Waals surface area contributed by atoms with Crippen molar-refractivity contribution in [3.8, 4) is 5.75 Å². The molecule has 1 aliphatic rings. The van der Waals surface area contributed by atoms with E-state index < -0.39 is 24.7 Å². The van der Waals surface area contributed by atoms with Crippen molar-refractivity contribution in [3.05, 3.63) is 81.6 Å². The summed E-state index contributed by atoms with van der Waals surface area (Å²) in [6, 6.07) is 14.3. The molecule has 0 radical (unpaired) electrons. The maximum absolute atomic E-state index is 13.3. The molecule has 1 atom stereocenters. The van der Waals surface area contributed by atoms with Gasteiger partial charge in [0.05, 0.1) is 18.3 Å². The van der Waals surface area contributed by atoms with E-state index in [1.54, 1.807) is 23.1 Å². The van der Waals surface area contributed by atoms with E-state index in [4.69, 9.17) is 26.2 Å². The van der Waals surface area contributed by atoms with Crippen LogP contribution in [0.1, 0.15) is 41.0 Å². The molecular weight excluding hydrogens is 470 g/mol. The van der Waals surface area contributed by atoms with Crippen molar-refractivity contribution < 1.29 is 24.2 Å². The molecule has 35 heavy (non-hydrogen) atoms. The zero-order valence-corrected chi connectivity index (χ0v) is 20.5. The number of halogens is 1. The lowest BCUT2D eigenvalue weighted by Crippen LogP contribution is -2.41. The molecule has 1 unspecified atom stereocenters. The van der Waals surface area contributed by atoms with E-state index in [-0.39, 0.29) is 6.61 Å². The molecule has 0 spiro atoms. The molecule has 0 saturated heterocycles. The Morgan fingerprint density at radius 2 is 1.97 bits per heavy atom. The first-order chi connectivity index (χ1) is 16.9. The van der Waals surface area contributed by atoms with Crippen LogP contribution in [0.5, 0.6) is 5.75 Å². The van der Waals surface area contributed by atoms with Crippen molar-refractivity contribution in [1.29, 1.82) is 0 Å². The molecule has 1 aliphatic heterocycles. The van der Waals surface area contributed by atoms with Crippen LogP contribution in [0.2, 0.25) is 5.02 Å². The number of hydrogen-bond acceptors (Lipinski definition) is 5. The van der Waals surface area contributed by atoms with Gasteiger partial charge in [-0.05, 0) is 55.7 Å². The number of carbonyl (C=O) groups is 2. The third kappa shape index (κ3) is 5.59. The average Bonchev–Trinajstić information content (AvgIpc) is 3.21. The second kappa shape index (κ2) is 10.8. The van der Waals surface area contributed by atoms with Gasteiger partial charge in [0.1, 0.15) is 5.75 Å². The second-order valence-electron chi connectivity index (χ2n) is 8.37. The molecule has 0 bridgehead atoms. The van der Waals surface area contributed by atoms with Crippen LogP contribution in [0.3, 0.4) is 0 Å². The largest absolute Gasteiger partial charge is 0.482 e. The van der Waals surface area contributed by atoms with Gasteiger partial charge >= 0.3 is 12.1 Å². The van der Waals surface area contributed by atoms with Gasteiger partial charge in [0, 0.05) is 35.8 Å². The molecule has 1 aromatic heterocycles. The van der Waals surface area contributed by atoms with E-state index in [1.165, 1.54) is 0 Å². The molecule has 2 aromatic carbocycles. The lowest BCUT2D eigenvalue weighted by atomic mass is 9.88. The van der Waals surface area contributed by atoms with Crippen LogP contribution in [-0.4, -0.2) is 51.6 Å². The number of aliphatic carboxylic acids is 1. The van der Waals surface area contributed by atoms with Gasteiger partial charge in [-0.1, -0.05) is 35.9 Å². The van der Waals surface area contributed by atoms with Crippen LogP contribution in [0.25, 0.3) is 0 Å². The number of carboxylic acids is 1. The van der Waals surface area contributed by atoms with Crippen LogP contribution >= 0.6 is 11.6 Å². The first kappa shape index (κ1) is 24.6. The van der Waals surface area contributed by atoms with Gasteiger partial charge in [0.2, 0.25) is 0 Å². The predicted octanol–water partition coefficient (Wildman–Crippen LogP) is 4.66. The quantitative estimate of drug-likeness (QED) is 0.486. The van der Waals surface area contributed by atoms with Crippen LogP contribution in [0.15, 0.2) is 48.5 Å². The molecule has 3 aromatic rings. The van der Waals surface area contributed by atoms with Crippen LogP contribution < -0.4 is 4.74 Å². The molecule has 2 heterocycles. The van der Waals surface area contributed by atoms with E-state index in [9.17, 15) is 9.59 Å². The van der Waals surface area contributed by atoms with Gasteiger partial charge in [0.25, 0.3) is 0 Å². The summed E-state index contributed by atoms with van der Waals surface area (Å²) < 4.78 is 13.2. The summed E-state index contributed by atoms with van der Waals surface area (Å²) >= 11 is 6.32. The average molecular weight is 498 g/mol. The Labute approximate surface area is 209 Å². The van der Waals surface area contributed by atoms with E-state index in [0.29, 0.717) is 35.7 Å². The molecule has 8 nitrogen and oxygen atoms in total. The number of amides is 1. The number of aryl methyl sites for hydroxylation is 2. The Hall–Kier alpha value is -3.52. The fourth-order valence-corrected chi connectivity index (χ4v) is 4.68. The number of nitrogens with zero attached hydrogens (tertiary/aromatic N) is 3. The molecule has 1 N–H and O–H groups in total. The van der Waals surface area contributed by atoms with E-state index in [1.807, 2.05) is 48.9 Å². The third-order valence-corrected chi connectivity index (χ3v) is 6.24. The summed E-state index contributed by atoms with van der Waals surface area (Å²) in [6.45, 7) is 4.86. The molecule has 1 amide bonds. The highest BCUT2D eigenvalue weighted by atomic mass is 35.5. The Balaban J connectivity index is 1.61. The molecular formula is C26H28ClN3O5. The first-order valence-corrected chi connectivity index (χ1v) is 11.9. The normalized spacial score (nSPS) is 14.9. The first-order valence-electron chi connectivity index (χ1n) is 11.6. The van der Waals surface area contributed by atoms with Gasteiger partial charge in [-0.25, -0.2) is 9.59 Å². The fraction of sp³-hybridized carbons (Fsp3) is 0.346. The van der Waals surface area contributed by atoms with Crippen LogP contribution in [0, 0.1) is 6.92 Å². The lowest BCUT2D eigenvalue weighted by molar-refractivity contribution is -0.139. The topological polar surface area (TPSA) is 93.9 Å². The number of fused-ring (bicyclic) bond motifs is 1. The number of aromatic nitrogens is 2. The number of hydrogen-bond donors (Lipinski definition) is 1. The summed E-state index contributed by atoms with van der Waals surface area (Å²) in [5.74, 6) is -0.730. The van der Waals surface area contributed by atoms with Gasteiger partial charge < -0.3 is 14.6 Å². The van der Waals surface area contributed by atoms with Gasteiger partial charge in [-0.15, -0.1) is 0 Å². The smallest absolute Gasteiger partial charge is 0.410 e. The Morgan fingerprint density at radius 3 is 2.74 bits per heavy atom. The molecule has 0 aliphatic carbocycles. The number of ether oxygens (including phenoxy) is 2. The van der Waals surface area contributed by atoms with Gasteiger partial charge in [-0.3, -0.25) is 9.58 Å². The zero-order chi connectivity index (χ0) is 24.9. The molecule has 0 saturated carbocycles. The monoisotopic (exact) mass is 497 g/mol. The highest BCUT2D eigenvalue weighted by molar-refractivity contribution is 6.30. The minimum atomic E-state index is -1.09. The van der Waals surface area contributed by atoms with Crippen molar-refractivity contribution in [1.82, 2.24) is 14.7 Å². The Bertz CT molecular complexity index is 1230. The van der Waals surface area contributed by atoms with Gasteiger partial charge in [0.15, 0.2) is 6.61 Å². The Kier molecular flexibility index (Phi) is 7.60. The lowest BCUT2D eigenvalue weighted by Gasteiger charge is -2.37. The molecule has 9 heteroatoms. The van der Waals surface area contributed by atoms with Crippen LogP contribution in [0.4, 0.5) is 4.79 Å². The molecule has 4 rings (SSSR count). The van der Waals surface area contributed by atoms with Crippen molar-refractivity contribution in [2.75, 3.05) is 19.8 Å². The maximum Gasteiger partial charge on any atom is 0.410 e. The van der Waals surface area contributed by atoms with Crippen molar-refractivity contribution in [2.24, 2.45) is 0 Å². The minimum Gasteiger partial charge on any atom is -0.482 e. The number of benzene rings is 2. The summed E-state index contributed by atoms with van der Waals surface area (Å²) in [5.41, 5.74) is 4.58. The second-order valence-corrected chi connectivity index (χ2v) is 8.80. The fourth-order valence-electron chi connectivity index (χ4n) is 4.50. The SMILES string of the molecule is CCn1nc(C)cc1CCOC(=O)N1CCc2ccccc2C1c1cc(Cl)ccc1OCC(=O)O. The predicted molar refractivity (Wildman–Crippen MR) is 131 cm³/mol. The van der Waals surface area contributed by atoms with Crippen molar-refractivity contribution in [2.45, 2.75) is 39.3 Å². The van der Waals surface area contributed by atoms with Crippen LogP contribution in [-0.2, 0) is 28.9 Å². The van der Waals surface area contributed by atoms with Crippen molar-refractivity contribution in [3.63, 3.8) is 0 Å². The zero-order valence-electron chi connectivity index (χ0n) is 19.7. The molecule has 0 fully saturated rings. The number of carbonyl (C=O) groups excluding carboxylic acids is 1. The van der Waals surface area contributed by atoms with E-state index in [0.717, 1.165) is 29.1 Å². The molecule has 184 valence electrons. The number of rotatable bonds is 8. The highest BCUT2D eigenvalue weighted by Gasteiger charge is 2.35. The van der Waals surface area contributed by atoms with E-state index in [2.05, 4.69) is 5.10 Å². The number of carboxylic acid groups (broad SMARTS) is 1. The summed E-state index contributed by atoms with van der Waals surface area (Å²) in [4.78, 5) is 26.1. The maximum atomic E-state index is 13.3. The minimum absolute atomic E-state index is 0.215. The Morgan fingerprint density at radius 1 is 1.17 bits per heavy atom. The summed E-state index contributed by atoms with van der Waals surface area (Å²) in [5, 5.41) is 14.0.